The molecule has 0 radical (unpaired) electrons. The van der Waals surface area contributed by atoms with E-state index in [1.807, 2.05) is 27.7 Å². The molecule has 0 unspecified atom stereocenters. The smallest absolute Gasteiger partial charge is 0.457 e. The van der Waals surface area contributed by atoms with E-state index in [1.54, 1.807) is 0 Å². The number of hydrogen-bond acceptors (Lipinski definition) is 4. The van der Waals surface area contributed by atoms with Crippen molar-refractivity contribution < 1.29 is 18.8 Å². The fourth-order valence-corrected chi connectivity index (χ4v) is 1.77. The lowest BCUT2D eigenvalue weighted by Crippen LogP contribution is -2.41. The lowest BCUT2D eigenvalue weighted by atomic mass is 9.82. The molecular formula is C12H23BO4. The number of rotatable bonds is 5. The first-order valence-corrected chi connectivity index (χ1v) is 6.21. The summed E-state index contributed by atoms with van der Waals surface area (Å²) < 4.78 is 16.3. The van der Waals surface area contributed by atoms with Gasteiger partial charge in [-0.05, 0) is 40.4 Å². The Morgan fingerprint density at radius 3 is 2.12 bits per heavy atom. The van der Waals surface area contributed by atoms with Gasteiger partial charge < -0.3 is 14.0 Å². The summed E-state index contributed by atoms with van der Waals surface area (Å²) in [6, 6.07) is 0. The molecule has 1 fully saturated rings. The third-order valence-corrected chi connectivity index (χ3v) is 3.60. The highest BCUT2D eigenvalue weighted by Gasteiger charge is 2.50. The average molecular weight is 242 g/mol. The van der Waals surface area contributed by atoms with Gasteiger partial charge in [-0.3, -0.25) is 4.79 Å². The van der Waals surface area contributed by atoms with Crippen LogP contribution in [0.5, 0.6) is 0 Å². The van der Waals surface area contributed by atoms with Crippen LogP contribution in [-0.2, 0) is 18.8 Å². The summed E-state index contributed by atoms with van der Waals surface area (Å²) in [6.07, 6.45) is 3.02. The van der Waals surface area contributed by atoms with Gasteiger partial charge in [0, 0.05) is 6.42 Å². The first-order chi connectivity index (χ1) is 7.78. The summed E-state index contributed by atoms with van der Waals surface area (Å²) in [4.78, 5) is 10.9. The van der Waals surface area contributed by atoms with Crippen LogP contribution in [0, 0.1) is 0 Å². The van der Waals surface area contributed by atoms with Crippen LogP contribution < -0.4 is 0 Å². The summed E-state index contributed by atoms with van der Waals surface area (Å²) in [5.74, 6) is -0.154. The lowest BCUT2D eigenvalue weighted by Gasteiger charge is -2.32. The molecule has 98 valence electrons. The predicted octanol–water partition coefficient (Wildman–Crippen LogP) is 2.42. The number of unbranched alkanes of at least 4 members (excludes halogenated alkanes) is 1. The molecule has 5 heteroatoms. The third-order valence-electron chi connectivity index (χ3n) is 3.60. The van der Waals surface area contributed by atoms with Crippen LogP contribution in [0.1, 0.15) is 47.0 Å². The second-order valence-electron chi connectivity index (χ2n) is 5.51. The van der Waals surface area contributed by atoms with Gasteiger partial charge >= 0.3 is 13.1 Å². The Morgan fingerprint density at radius 2 is 1.65 bits per heavy atom. The number of methoxy groups -OCH3 is 1. The van der Waals surface area contributed by atoms with Crippen molar-refractivity contribution in [2.24, 2.45) is 0 Å². The third kappa shape index (κ3) is 3.71. The normalized spacial score (nSPS) is 21.6. The predicted molar refractivity (Wildman–Crippen MR) is 66.8 cm³/mol. The first kappa shape index (κ1) is 14.5. The van der Waals surface area contributed by atoms with Gasteiger partial charge in [0.05, 0.1) is 18.3 Å². The van der Waals surface area contributed by atoms with Crippen molar-refractivity contribution in [3.8, 4) is 0 Å². The van der Waals surface area contributed by atoms with E-state index in [9.17, 15) is 4.79 Å². The molecule has 1 rings (SSSR count). The molecule has 0 aromatic carbocycles. The van der Waals surface area contributed by atoms with Gasteiger partial charge in [-0.15, -0.1) is 0 Å². The van der Waals surface area contributed by atoms with Crippen LogP contribution in [0.2, 0.25) is 6.32 Å². The standard InChI is InChI=1S/C12H23BO4/c1-11(2)12(3,4)17-13(16-11)9-7-6-8-10(14)15-5/h6-9H2,1-5H3. The SMILES string of the molecule is COC(=O)CCCCB1OC(C)(C)C(C)(C)O1. The molecule has 1 aliphatic heterocycles. The van der Waals surface area contributed by atoms with Gasteiger partial charge in [0.15, 0.2) is 0 Å². The molecular weight excluding hydrogens is 219 g/mol. The molecule has 1 heterocycles. The number of carbonyl (C=O) groups excluding carboxylic acids is 1. The lowest BCUT2D eigenvalue weighted by molar-refractivity contribution is -0.140. The maximum absolute atomic E-state index is 10.9. The largest absolute Gasteiger partial charge is 0.469 e. The molecule has 0 spiro atoms. The zero-order valence-corrected chi connectivity index (χ0v) is 11.5. The topological polar surface area (TPSA) is 44.8 Å². The van der Waals surface area contributed by atoms with E-state index in [0.717, 1.165) is 19.2 Å². The van der Waals surface area contributed by atoms with Gasteiger partial charge in [-0.1, -0.05) is 6.42 Å². The summed E-state index contributed by atoms with van der Waals surface area (Å²) in [5.41, 5.74) is -0.528. The van der Waals surface area contributed by atoms with Crippen molar-refractivity contribution in [1.29, 1.82) is 0 Å². The Bertz CT molecular complexity index is 260. The van der Waals surface area contributed by atoms with E-state index >= 15 is 0 Å². The van der Waals surface area contributed by atoms with Crippen molar-refractivity contribution in [3.63, 3.8) is 0 Å². The second kappa shape index (κ2) is 5.40. The van der Waals surface area contributed by atoms with Gasteiger partial charge in [-0.25, -0.2) is 0 Å². The van der Waals surface area contributed by atoms with Gasteiger partial charge in [0.1, 0.15) is 0 Å². The first-order valence-electron chi connectivity index (χ1n) is 6.21. The monoisotopic (exact) mass is 242 g/mol. The fraction of sp³-hybridized carbons (Fsp3) is 0.917. The molecule has 0 bridgehead atoms. The summed E-state index contributed by atoms with van der Waals surface area (Å²) in [5, 5.41) is 0. The molecule has 1 saturated heterocycles. The fourth-order valence-electron chi connectivity index (χ4n) is 1.77. The van der Waals surface area contributed by atoms with Crippen molar-refractivity contribution in [1.82, 2.24) is 0 Å². The minimum atomic E-state index is -0.264. The summed E-state index contributed by atoms with van der Waals surface area (Å²) in [7, 11) is 1.26. The van der Waals surface area contributed by atoms with Crippen LogP contribution in [0.25, 0.3) is 0 Å². The highest BCUT2D eigenvalue weighted by Crippen LogP contribution is 2.38. The minimum Gasteiger partial charge on any atom is -0.469 e. The molecule has 4 nitrogen and oxygen atoms in total. The van der Waals surface area contributed by atoms with Crippen LogP contribution in [0.3, 0.4) is 0 Å². The Hall–Kier alpha value is -0.545. The van der Waals surface area contributed by atoms with Crippen LogP contribution in [0.15, 0.2) is 0 Å². The molecule has 0 atom stereocenters. The molecule has 0 amide bonds. The number of hydrogen-bond donors (Lipinski definition) is 0. The zero-order chi connectivity index (χ0) is 13.1. The average Bonchev–Trinajstić information content (AvgIpc) is 2.42. The number of carbonyl (C=O) groups is 1. The second-order valence-corrected chi connectivity index (χ2v) is 5.51. The van der Waals surface area contributed by atoms with Crippen molar-refractivity contribution in [2.45, 2.75) is 64.5 Å². The Morgan fingerprint density at radius 1 is 1.12 bits per heavy atom. The molecule has 17 heavy (non-hydrogen) atoms. The maximum Gasteiger partial charge on any atom is 0.457 e. The maximum atomic E-state index is 10.9. The molecule has 0 N–H and O–H groups in total. The van der Waals surface area contributed by atoms with Gasteiger partial charge in [0.25, 0.3) is 0 Å². The summed E-state index contributed by atoms with van der Waals surface area (Å²) >= 11 is 0. The zero-order valence-electron chi connectivity index (χ0n) is 11.5. The van der Waals surface area contributed by atoms with E-state index in [2.05, 4.69) is 4.74 Å². The highest BCUT2D eigenvalue weighted by molar-refractivity contribution is 6.45. The molecule has 0 aromatic heterocycles. The minimum absolute atomic E-state index is 0.154. The summed E-state index contributed by atoms with van der Waals surface area (Å²) in [6.45, 7) is 8.17. The highest BCUT2D eigenvalue weighted by atomic mass is 16.7. The Labute approximate surface area is 104 Å². The van der Waals surface area contributed by atoms with Crippen LogP contribution >= 0.6 is 0 Å². The van der Waals surface area contributed by atoms with Crippen molar-refractivity contribution in [3.05, 3.63) is 0 Å². The number of esters is 1. The van der Waals surface area contributed by atoms with E-state index in [0.29, 0.717) is 6.42 Å². The van der Waals surface area contributed by atoms with E-state index in [-0.39, 0.29) is 24.3 Å². The van der Waals surface area contributed by atoms with Crippen molar-refractivity contribution in [2.75, 3.05) is 7.11 Å². The Balaban J connectivity index is 2.25. The van der Waals surface area contributed by atoms with Crippen molar-refractivity contribution >= 4 is 13.1 Å². The van der Waals surface area contributed by atoms with E-state index in [1.165, 1.54) is 7.11 Å². The van der Waals surface area contributed by atoms with E-state index < -0.39 is 0 Å². The molecule has 1 aliphatic rings. The van der Waals surface area contributed by atoms with Crippen LogP contribution in [-0.4, -0.2) is 31.4 Å². The quantitative estimate of drug-likeness (QED) is 0.422. The van der Waals surface area contributed by atoms with Gasteiger partial charge in [-0.2, -0.15) is 0 Å². The van der Waals surface area contributed by atoms with Gasteiger partial charge in [0.2, 0.25) is 0 Å². The van der Waals surface area contributed by atoms with Crippen LogP contribution in [0.4, 0.5) is 0 Å². The Kier molecular flexibility index (Phi) is 4.61. The molecule has 0 aliphatic carbocycles. The number of ether oxygens (including phenoxy) is 1. The molecule has 0 saturated carbocycles. The van der Waals surface area contributed by atoms with E-state index in [4.69, 9.17) is 9.31 Å². The molecule has 0 aromatic rings.